The third-order valence-corrected chi connectivity index (χ3v) is 3.89. The molecule has 2 unspecified atom stereocenters. The number of piperidine rings is 1. The monoisotopic (exact) mass is 291 g/mol. The fourth-order valence-corrected chi connectivity index (χ4v) is 2.71. The van der Waals surface area contributed by atoms with Crippen LogP contribution < -0.4 is 4.74 Å². The van der Waals surface area contributed by atoms with E-state index in [-0.39, 0.29) is 18.4 Å². The lowest BCUT2D eigenvalue weighted by Crippen LogP contribution is -2.53. The molecule has 2 rings (SSSR count). The lowest BCUT2D eigenvalue weighted by atomic mass is 9.91. The molecule has 0 aromatic heterocycles. The molecular formula is C16H21NO4. The van der Waals surface area contributed by atoms with E-state index < -0.39 is 12.0 Å². The molecule has 114 valence electrons. The van der Waals surface area contributed by atoms with E-state index in [1.54, 1.807) is 12.1 Å². The average Bonchev–Trinajstić information content (AvgIpc) is 2.45. The van der Waals surface area contributed by atoms with Gasteiger partial charge in [0.2, 0.25) is 0 Å². The predicted octanol–water partition coefficient (Wildman–Crippen LogP) is 2.09. The topological polar surface area (TPSA) is 66.8 Å². The van der Waals surface area contributed by atoms with Gasteiger partial charge in [0.1, 0.15) is 11.8 Å². The second-order valence-corrected chi connectivity index (χ2v) is 5.59. The Hall–Kier alpha value is -2.04. The van der Waals surface area contributed by atoms with E-state index in [4.69, 9.17) is 4.74 Å². The highest BCUT2D eigenvalue weighted by atomic mass is 16.5. The number of likely N-dealkylation sites (tertiary alicyclic amines) is 1. The number of carbonyl (C=O) groups is 2. The van der Waals surface area contributed by atoms with Crippen LogP contribution in [0.3, 0.4) is 0 Å². The molecule has 1 heterocycles. The quantitative estimate of drug-likeness (QED) is 0.922. The molecule has 0 bridgehead atoms. The van der Waals surface area contributed by atoms with Crippen molar-refractivity contribution in [3.05, 3.63) is 29.8 Å². The summed E-state index contributed by atoms with van der Waals surface area (Å²) in [6, 6.07) is 6.67. The first-order valence-electron chi connectivity index (χ1n) is 7.21. The smallest absolute Gasteiger partial charge is 0.326 e. The molecule has 1 aliphatic heterocycles. The van der Waals surface area contributed by atoms with Gasteiger partial charge < -0.3 is 14.7 Å². The van der Waals surface area contributed by atoms with Crippen LogP contribution in [0.4, 0.5) is 0 Å². The number of nitrogens with zero attached hydrogens (tertiary/aromatic N) is 1. The summed E-state index contributed by atoms with van der Waals surface area (Å²) in [6.45, 7) is 4.21. The number of amides is 1. The standard InChI is InChI=1S/C16H21NO4/c1-11-5-7-13(8-6-11)21-10-14(18)17-9-3-4-12(2)15(17)16(19)20/h5-8,12,15H,3-4,9-10H2,1-2H3,(H,19,20). The minimum absolute atomic E-state index is 0.0282. The van der Waals surface area contributed by atoms with Crippen LogP contribution in [-0.2, 0) is 9.59 Å². The summed E-state index contributed by atoms with van der Waals surface area (Å²) in [5.74, 6) is -0.620. The molecule has 21 heavy (non-hydrogen) atoms. The molecule has 5 heteroatoms. The van der Waals surface area contributed by atoms with Crippen molar-refractivity contribution in [1.29, 1.82) is 0 Å². The fraction of sp³-hybridized carbons (Fsp3) is 0.500. The van der Waals surface area contributed by atoms with E-state index in [1.165, 1.54) is 4.90 Å². The Morgan fingerprint density at radius 1 is 1.33 bits per heavy atom. The highest BCUT2D eigenvalue weighted by molar-refractivity contribution is 5.85. The van der Waals surface area contributed by atoms with Gasteiger partial charge in [0.25, 0.3) is 5.91 Å². The van der Waals surface area contributed by atoms with E-state index >= 15 is 0 Å². The maximum Gasteiger partial charge on any atom is 0.326 e. The highest BCUT2D eigenvalue weighted by Gasteiger charge is 2.36. The van der Waals surface area contributed by atoms with Crippen LogP contribution in [0.5, 0.6) is 5.75 Å². The first-order valence-corrected chi connectivity index (χ1v) is 7.21. The van der Waals surface area contributed by atoms with Gasteiger partial charge >= 0.3 is 5.97 Å². The zero-order chi connectivity index (χ0) is 15.4. The Kier molecular flexibility index (Phi) is 4.83. The number of aryl methyl sites for hydroxylation is 1. The summed E-state index contributed by atoms with van der Waals surface area (Å²) in [4.78, 5) is 25.0. The van der Waals surface area contributed by atoms with E-state index in [2.05, 4.69) is 0 Å². The fourth-order valence-electron chi connectivity index (χ4n) is 2.71. The molecule has 5 nitrogen and oxygen atoms in total. The maximum absolute atomic E-state index is 12.2. The highest BCUT2D eigenvalue weighted by Crippen LogP contribution is 2.24. The van der Waals surface area contributed by atoms with Crippen molar-refractivity contribution < 1.29 is 19.4 Å². The number of aliphatic carboxylic acids is 1. The predicted molar refractivity (Wildman–Crippen MR) is 78.2 cm³/mol. The Morgan fingerprint density at radius 3 is 2.62 bits per heavy atom. The van der Waals surface area contributed by atoms with Gasteiger partial charge in [0.05, 0.1) is 0 Å². The average molecular weight is 291 g/mol. The zero-order valence-electron chi connectivity index (χ0n) is 12.4. The number of hydrogen-bond acceptors (Lipinski definition) is 3. The summed E-state index contributed by atoms with van der Waals surface area (Å²) in [5.41, 5.74) is 1.12. The molecule has 1 aromatic carbocycles. The van der Waals surface area contributed by atoms with Gasteiger partial charge in [-0.05, 0) is 37.8 Å². The number of carboxylic acid groups (broad SMARTS) is 1. The maximum atomic E-state index is 12.2. The minimum Gasteiger partial charge on any atom is -0.484 e. The lowest BCUT2D eigenvalue weighted by molar-refractivity contribution is -0.155. The SMILES string of the molecule is Cc1ccc(OCC(=O)N2CCCC(C)C2C(=O)O)cc1. The van der Waals surface area contributed by atoms with Gasteiger partial charge in [0.15, 0.2) is 6.61 Å². The van der Waals surface area contributed by atoms with Crippen LogP contribution in [0, 0.1) is 12.8 Å². The van der Waals surface area contributed by atoms with Gasteiger partial charge in [0, 0.05) is 6.54 Å². The van der Waals surface area contributed by atoms with E-state index in [0.29, 0.717) is 12.3 Å². The molecule has 1 saturated heterocycles. The molecule has 2 atom stereocenters. The van der Waals surface area contributed by atoms with Gasteiger partial charge in [-0.25, -0.2) is 4.79 Å². The normalized spacial score (nSPS) is 21.9. The third kappa shape index (κ3) is 3.74. The van der Waals surface area contributed by atoms with Crippen LogP contribution >= 0.6 is 0 Å². The van der Waals surface area contributed by atoms with E-state index in [0.717, 1.165) is 18.4 Å². The molecule has 1 N–H and O–H groups in total. The Labute approximate surface area is 124 Å². The van der Waals surface area contributed by atoms with Crippen molar-refractivity contribution in [1.82, 2.24) is 4.90 Å². The summed E-state index contributed by atoms with van der Waals surface area (Å²) in [7, 11) is 0. The molecule has 1 fully saturated rings. The summed E-state index contributed by atoms with van der Waals surface area (Å²) in [5, 5.41) is 9.31. The van der Waals surface area contributed by atoms with Crippen LogP contribution in [0.2, 0.25) is 0 Å². The second kappa shape index (κ2) is 6.61. The number of hydrogen-bond donors (Lipinski definition) is 1. The van der Waals surface area contributed by atoms with Crippen LogP contribution in [0.1, 0.15) is 25.3 Å². The number of rotatable bonds is 4. The lowest BCUT2D eigenvalue weighted by Gasteiger charge is -2.37. The van der Waals surface area contributed by atoms with Gasteiger partial charge in [-0.15, -0.1) is 0 Å². The summed E-state index contributed by atoms with van der Waals surface area (Å²) < 4.78 is 5.46. The van der Waals surface area contributed by atoms with Gasteiger partial charge in [-0.3, -0.25) is 4.79 Å². The number of ether oxygens (including phenoxy) is 1. The third-order valence-electron chi connectivity index (χ3n) is 3.89. The first-order chi connectivity index (χ1) is 9.99. The van der Waals surface area contributed by atoms with Crippen molar-refractivity contribution in [2.75, 3.05) is 13.2 Å². The Balaban J connectivity index is 1.98. The molecule has 0 saturated carbocycles. The summed E-state index contributed by atoms with van der Waals surface area (Å²) in [6.07, 6.45) is 1.67. The molecule has 1 aromatic rings. The second-order valence-electron chi connectivity index (χ2n) is 5.59. The molecular weight excluding hydrogens is 270 g/mol. The van der Waals surface area contributed by atoms with Crippen molar-refractivity contribution in [2.24, 2.45) is 5.92 Å². The largest absolute Gasteiger partial charge is 0.484 e. The van der Waals surface area contributed by atoms with Crippen LogP contribution in [0.15, 0.2) is 24.3 Å². The Morgan fingerprint density at radius 2 is 2.00 bits per heavy atom. The number of carboxylic acids is 1. The van der Waals surface area contributed by atoms with Gasteiger partial charge in [-0.2, -0.15) is 0 Å². The molecule has 0 aliphatic carbocycles. The minimum atomic E-state index is -0.939. The number of benzene rings is 1. The molecule has 0 radical (unpaired) electrons. The van der Waals surface area contributed by atoms with Gasteiger partial charge in [-0.1, -0.05) is 24.6 Å². The van der Waals surface area contributed by atoms with Crippen molar-refractivity contribution >= 4 is 11.9 Å². The number of carbonyl (C=O) groups excluding carboxylic acids is 1. The summed E-state index contributed by atoms with van der Waals surface area (Å²) >= 11 is 0. The van der Waals surface area contributed by atoms with Crippen molar-refractivity contribution in [2.45, 2.75) is 32.7 Å². The van der Waals surface area contributed by atoms with E-state index in [1.807, 2.05) is 26.0 Å². The first kappa shape index (κ1) is 15.4. The van der Waals surface area contributed by atoms with Crippen LogP contribution in [0.25, 0.3) is 0 Å². The van der Waals surface area contributed by atoms with E-state index in [9.17, 15) is 14.7 Å². The molecule has 1 aliphatic rings. The molecule has 1 amide bonds. The Bertz CT molecular complexity index is 512. The van der Waals surface area contributed by atoms with Crippen molar-refractivity contribution in [3.63, 3.8) is 0 Å². The zero-order valence-corrected chi connectivity index (χ0v) is 12.4. The van der Waals surface area contributed by atoms with Crippen LogP contribution in [-0.4, -0.2) is 41.1 Å². The molecule has 0 spiro atoms. The van der Waals surface area contributed by atoms with Crippen molar-refractivity contribution in [3.8, 4) is 5.75 Å².